The molecule has 0 radical (unpaired) electrons. The van der Waals surface area contributed by atoms with E-state index in [9.17, 15) is 4.79 Å². The van der Waals surface area contributed by atoms with Crippen LogP contribution >= 0.6 is 0 Å². The minimum absolute atomic E-state index is 0.00639. The first-order chi connectivity index (χ1) is 10.5. The summed E-state index contributed by atoms with van der Waals surface area (Å²) in [5, 5.41) is 6.60. The number of carbonyl (C=O) groups excluding carboxylic acids is 1. The van der Waals surface area contributed by atoms with Gasteiger partial charge in [0.05, 0.1) is 13.2 Å². The van der Waals surface area contributed by atoms with E-state index in [0.29, 0.717) is 12.3 Å². The minimum atomic E-state index is -0.251. The van der Waals surface area contributed by atoms with E-state index in [2.05, 4.69) is 10.5 Å². The lowest BCUT2D eigenvalue weighted by Crippen LogP contribution is -2.34. The Bertz CT molecular complexity index is 637. The van der Waals surface area contributed by atoms with Gasteiger partial charge in [-0.05, 0) is 27.1 Å². The first-order valence-corrected chi connectivity index (χ1v) is 7.03. The van der Waals surface area contributed by atoms with Crippen LogP contribution in [0, 0.1) is 6.92 Å². The second kappa shape index (κ2) is 7.09. The summed E-state index contributed by atoms with van der Waals surface area (Å²) in [7, 11) is 5.56. The number of likely N-dealkylation sites (N-methyl/N-ethyl adjacent to an activating group) is 1. The van der Waals surface area contributed by atoms with E-state index in [1.807, 2.05) is 43.3 Å². The summed E-state index contributed by atoms with van der Waals surface area (Å²) in [5.41, 5.74) is 1.31. The molecule has 118 valence electrons. The number of carbonyl (C=O) groups is 1. The summed E-state index contributed by atoms with van der Waals surface area (Å²) in [5.74, 6) is 1.16. The number of hydrogen-bond acceptors (Lipinski definition) is 5. The normalized spacial score (nSPS) is 12.2. The zero-order chi connectivity index (χ0) is 16.1. The van der Waals surface area contributed by atoms with Gasteiger partial charge in [0, 0.05) is 18.2 Å². The topological polar surface area (TPSA) is 67.6 Å². The van der Waals surface area contributed by atoms with E-state index < -0.39 is 0 Å². The minimum Gasteiger partial charge on any atom is -0.496 e. The molecule has 6 nitrogen and oxygen atoms in total. The fourth-order valence-electron chi connectivity index (χ4n) is 2.27. The van der Waals surface area contributed by atoms with Gasteiger partial charge in [-0.15, -0.1) is 0 Å². The van der Waals surface area contributed by atoms with Gasteiger partial charge in [-0.25, -0.2) is 0 Å². The molecule has 0 saturated heterocycles. The predicted molar refractivity (Wildman–Crippen MR) is 83.0 cm³/mol. The molecule has 0 aliphatic heterocycles. The maximum atomic E-state index is 12.1. The van der Waals surface area contributed by atoms with Gasteiger partial charge in [-0.3, -0.25) is 4.79 Å². The number of nitrogens with one attached hydrogen (secondary N) is 1. The fraction of sp³-hybridized carbons (Fsp3) is 0.375. The van der Waals surface area contributed by atoms with Crippen molar-refractivity contribution in [1.82, 2.24) is 15.4 Å². The number of benzene rings is 1. The lowest BCUT2D eigenvalue weighted by Gasteiger charge is -2.26. The standard InChI is InChI=1S/C16H21N3O3/c1-11-9-13(18-22-11)16(20)17-10-14(19(2)3)12-7-5-6-8-15(12)21-4/h5-9,14H,10H2,1-4H3,(H,17,20)/t14-/m1/s1. The molecular weight excluding hydrogens is 282 g/mol. The van der Waals surface area contributed by atoms with Crippen LogP contribution in [0.2, 0.25) is 0 Å². The molecule has 22 heavy (non-hydrogen) atoms. The van der Waals surface area contributed by atoms with Crippen LogP contribution in [0.1, 0.15) is 27.9 Å². The second-order valence-corrected chi connectivity index (χ2v) is 5.25. The number of nitrogens with zero attached hydrogens (tertiary/aromatic N) is 2. The van der Waals surface area contributed by atoms with Gasteiger partial charge >= 0.3 is 0 Å². The first-order valence-electron chi connectivity index (χ1n) is 7.03. The predicted octanol–water partition coefficient (Wildman–Crippen LogP) is 2.02. The van der Waals surface area contributed by atoms with Crippen molar-refractivity contribution < 1.29 is 14.1 Å². The second-order valence-electron chi connectivity index (χ2n) is 5.25. The highest BCUT2D eigenvalue weighted by Gasteiger charge is 2.20. The van der Waals surface area contributed by atoms with Crippen LogP contribution in [-0.2, 0) is 0 Å². The molecule has 0 unspecified atom stereocenters. The highest BCUT2D eigenvalue weighted by molar-refractivity contribution is 5.92. The summed E-state index contributed by atoms with van der Waals surface area (Å²) in [6.07, 6.45) is 0. The Morgan fingerprint density at radius 2 is 2.14 bits per heavy atom. The average molecular weight is 303 g/mol. The quantitative estimate of drug-likeness (QED) is 0.884. The number of aromatic nitrogens is 1. The molecule has 2 rings (SSSR count). The van der Waals surface area contributed by atoms with Crippen LogP contribution in [0.15, 0.2) is 34.9 Å². The van der Waals surface area contributed by atoms with Gasteiger partial charge in [-0.1, -0.05) is 23.4 Å². The average Bonchev–Trinajstić information content (AvgIpc) is 2.94. The number of methoxy groups -OCH3 is 1. The summed E-state index contributed by atoms with van der Waals surface area (Å²) in [4.78, 5) is 14.1. The zero-order valence-corrected chi connectivity index (χ0v) is 13.3. The molecule has 0 saturated carbocycles. The van der Waals surface area contributed by atoms with Gasteiger partial charge in [-0.2, -0.15) is 0 Å². The number of hydrogen-bond donors (Lipinski definition) is 1. The number of aryl methyl sites for hydroxylation is 1. The van der Waals surface area contributed by atoms with E-state index in [0.717, 1.165) is 11.3 Å². The Morgan fingerprint density at radius 3 is 2.73 bits per heavy atom. The van der Waals surface area contributed by atoms with Crippen LogP contribution in [0.3, 0.4) is 0 Å². The maximum Gasteiger partial charge on any atom is 0.273 e. The zero-order valence-electron chi connectivity index (χ0n) is 13.3. The fourth-order valence-corrected chi connectivity index (χ4v) is 2.27. The Balaban J connectivity index is 2.11. The summed E-state index contributed by atoms with van der Waals surface area (Å²) < 4.78 is 10.3. The molecule has 6 heteroatoms. The molecule has 1 aromatic carbocycles. The van der Waals surface area contributed by atoms with Crippen LogP contribution in [0.5, 0.6) is 5.75 Å². The molecule has 0 aliphatic carbocycles. The summed E-state index contributed by atoms with van der Waals surface area (Å²) >= 11 is 0. The Hall–Kier alpha value is -2.34. The Morgan fingerprint density at radius 1 is 1.41 bits per heavy atom. The number of para-hydroxylation sites is 1. The highest BCUT2D eigenvalue weighted by Crippen LogP contribution is 2.27. The Labute approximate surface area is 130 Å². The molecule has 1 N–H and O–H groups in total. The summed E-state index contributed by atoms with van der Waals surface area (Å²) in [6, 6.07) is 9.39. The van der Waals surface area contributed by atoms with E-state index in [-0.39, 0.29) is 17.6 Å². The van der Waals surface area contributed by atoms with Crippen molar-refractivity contribution in [3.63, 3.8) is 0 Å². The van der Waals surface area contributed by atoms with Gasteiger partial charge in [0.2, 0.25) is 0 Å². The number of rotatable bonds is 6. The van der Waals surface area contributed by atoms with E-state index in [1.54, 1.807) is 20.1 Å². The number of amides is 1. The van der Waals surface area contributed by atoms with Crippen LogP contribution in [0.4, 0.5) is 0 Å². The van der Waals surface area contributed by atoms with Crippen molar-refractivity contribution in [2.75, 3.05) is 27.7 Å². The van der Waals surface area contributed by atoms with Crippen LogP contribution < -0.4 is 10.1 Å². The van der Waals surface area contributed by atoms with Crippen molar-refractivity contribution in [3.05, 3.63) is 47.3 Å². The van der Waals surface area contributed by atoms with E-state index in [4.69, 9.17) is 9.26 Å². The SMILES string of the molecule is COc1ccccc1[C@@H](CNC(=O)c1cc(C)on1)N(C)C. The van der Waals surface area contributed by atoms with Crippen molar-refractivity contribution in [1.29, 1.82) is 0 Å². The van der Waals surface area contributed by atoms with Gasteiger partial charge in [0.15, 0.2) is 5.69 Å². The maximum absolute atomic E-state index is 12.1. The molecule has 0 spiro atoms. The van der Waals surface area contributed by atoms with Crippen molar-refractivity contribution in [3.8, 4) is 5.75 Å². The Kier molecular flexibility index (Phi) is 5.16. The molecule has 0 fully saturated rings. The summed E-state index contributed by atoms with van der Waals surface area (Å²) in [6.45, 7) is 2.19. The lowest BCUT2D eigenvalue weighted by molar-refractivity contribution is 0.0932. The van der Waals surface area contributed by atoms with Crippen molar-refractivity contribution >= 4 is 5.91 Å². The van der Waals surface area contributed by atoms with Crippen molar-refractivity contribution in [2.45, 2.75) is 13.0 Å². The smallest absolute Gasteiger partial charge is 0.273 e. The monoisotopic (exact) mass is 303 g/mol. The third-order valence-electron chi connectivity index (χ3n) is 3.44. The molecule has 1 amide bonds. The molecule has 2 aromatic rings. The molecule has 1 atom stereocenters. The van der Waals surface area contributed by atoms with Gasteiger partial charge in [0.1, 0.15) is 11.5 Å². The highest BCUT2D eigenvalue weighted by atomic mass is 16.5. The van der Waals surface area contributed by atoms with Gasteiger partial charge in [0.25, 0.3) is 5.91 Å². The third kappa shape index (κ3) is 3.65. The first kappa shape index (κ1) is 16.0. The molecule has 1 aromatic heterocycles. The van der Waals surface area contributed by atoms with Crippen molar-refractivity contribution in [2.24, 2.45) is 0 Å². The van der Waals surface area contributed by atoms with E-state index in [1.165, 1.54) is 0 Å². The molecule has 0 bridgehead atoms. The number of ether oxygens (including phenoxy) is 1. The van der Waals surface area contributed by atoms with Crippen LogP contribution in [-0.4, -0.2) is 43.7 Å². The molecule has 1 heterocycles. The molecular formula is C16H21N3O3. The largest absolute Gasteiger partial charge is 0.496 e. The van der Waals surface area contributed by atoms with Gasteiger partial charge < -0.3 is 19.5 Å². The lowest BCUT2D eigenvalue weighted by atomic mass is 10.0. The third-order valence-corrected chi connectivity index (χ3v) is 3.44. The van der Waals surface area contributed by atoms with E-state index >= 15 is 0 Å². The van der Waals surface area contributed by atoms with Crippen LogP contribution in [0.25, 0.3) is 0 Å². The molecule has 0 aliphatic rings.